The molecule has 136 valence electrons. The molecular weight excluding hydrogens is 359 g/mol. The minimum atomic E-state index is -3.90. The first-order chi connectivity index (χ1) is 12.2. The first kappa shape index (κ1) is 19.3. The van der Waals surface area contributed by atoms with Crippen molar-refractivity contribution in [3.63, 3.8) is 0 Å². The first-order valence-electron chi connectivity index (χ1n) is 7.65. The number of anilines is 1. The first-order valence-corrected chi connectivity index (χ1v) is 9.09. The molecule has 2 aromatic rings. The van der Waals surface area contributed by atoms with Crippen molar-refractivity contribution in [3.05, 3.63) is 47.5 Å². The lowest BCUT2D eigenvalue weighted by molar-refractivity contribution is 0.101. The second kappa shape index (κ2) is 7.49. The minimum Gasteiger partial charge on any atom is -0.345 e. The normalized spacial score (nSPS) is 11.9. The van der Waals surface area contributed by atoms with Gasteiger partial charge in [0.2, 0.25) is 0 Å². The molecule has 1 aromatic heterocycles. The smallest absolute Gasteiger partial charge is 0.283 e. The van der Waals surface area contributed by atoms with Crippen LogP contribution >= 0.6 is 0 Å². The molecule has 1 heterocycles. The molecule has 0 atom stereocenters. The Morgan fingerprint density at radius 1 is 1.38 bits per heavy atom. The highest BCUT2D eigenvalue weighted by atomic mass is 32.2. The highest BCUT2D eigenvalue weighted by Gasteiger charge is 2.20. The number of hydrogen-bond donors (Lipinski definition) is 1. The van der Waals surface area contributed by atoms with Crippen LogP contribution in [-0.4, -0.2) is 24.6 Å². The summed E-state index contributed by atoms with van der Waals surface area (Å²) >= 11 is 0. The van der Waals surface area contributed by atoms with E-state index in [-0.39, 0.29) is 21.8 Å². The van der Waals surface area contributed by atoms with Crippen LogP contribution in [0.3, 0.4) is 0 Å². The number of rotatable bonds is 5. The number of nitrogens with zero attached hydrogens (tertiary/aromatic N) is 3. The molecule has 0 fully saturated rings. The molecule has 1 N–H and O–H groups in total. The van der Waals surface area contributed by atoms with E-state index in [2.05, 4.69) is 9.71 Å². The molecule has 2 rings (SSSR count). The Balaban J connectivity index is 2.32. The monoisotopic (exact) mass is 376 g/mol. The molecule has 0 radical (unpaired) electrons. The fourth-order valence-corrected chi connectivity index (χ4v) is 3.30. The van der Waals surface area contributed by atoms with Crippen LogP contribution in [0.15, 0.2) is 39.8 Å². The molecule has 0 spiro atoms. The van der Waals surface area contributed by atoms with E-state index in [0.29, 0.717) is 12.1 Å². The summed E-state index contributed by atoms with van der Waals surface area (Å²) in [7, 11) is -2.38. The number of carbonyl (C=O) groups excluding carboxylic acids is 1. The maximum atomic E-state index is 13.3. The van der Waals surface area contributed by atoms with Gasteiger partial charge in [-0.2, -0.15) is 18.1 Å². The summed E-state index contributed by atoms with van der Waals surface area (Å²) in [5, 5.41) is 11.3. The second-order valence-electron chi connectivity index (χ2n) is 5.59. The Morgan fingerprint density at radius 3 is 2.69 bits per heavy atom. The van der Waals surface area contributed by atoms with Gasteiger partial charge >= 0.3 is 0 Å². The van der Waals surface area contributed by atoms with Gasteiger partial charge in [0.1, 0.15) is 22.5 Å². The molecule has 0 saturated carbocycles. The zero-order valence-electron chi connectivity index (χ0n) is 14.4. The van der Waals surface area contributed by atoms with Crippen molar-refractivity contribution >= 4 is 27.3 Å². The van der Waals surface area contributed by atoms with Crippen molar-refractivity contribution in [3.8, 4) is 6.07 Å². The van der Waals surface area contributed by atoms with Crippen LogP contribution in [0.1, 0.15) is 36.3 Å². The van der Waals surface area contributed by atoms with Crippen LogP contribution in [0.25, 0.3) is 0 Å². The van der Waals surface area contributed by atoms with Crippen molar-refractivity contribution in [2.75, 3.05) is 5.32 Å². The van der Waals surface area contributed by atoms with E-state index in [4.69, 9.17) is 5.26 Å². The molecule has 26 heavy (non-hydrogen) atoms. The average Bonchev–Trinajstić information content (AvgIpc) is 2.99. The molecule has 0 bridgehead atoms. The number of nitriles is 1. The van der Waals surface area contributed by atoms with Gasteiger partial charge in [0, 0.05) is 24.6 Å². The van der Waals surface area contributed by atoms with Crippen LogP contribution < -0.4 is 5.32 Å². The summed E-state index contributed by atoms with van der Waals surface area (Å²) in [4.78, 5) is 12.3. The van der Waals surface area contributed by atoms with E-state index in [1.165, 1.54) is 36.0 Å². The maximum Gasteiger partial charge on any atom is 0.283 e. The summed E-state index contributed by atoms with van der Waals surface area (Å²) in [5.41, 5.74) is 0.548. The Hall–Kier alpha value is -2.99. The SMILES string of the molecule is CC/C(C)=N/S(=O)(=O)c1cc(C(=O)Nc2ccc(F)c(C#N)c2)n(C)c1. The zero-order valence-corrected chi connectivity index (χ0v) is 15.3. The number of hydrogen-bond acceptors (Lipinski definition) is 4. The Morgan fingerprint density at radius 2 is 2.08 bits per heavy atom. The zero-order chi connectivity index (χ0) is 19.5. The van der Waals surface area contributed by atoms with Crippen molar-refractivity contribution in [2.24, 2.45) is 11.4 Å². The lowest BCUT2D eigenvalue weighted by Gasteiger charge is -2.06. The summed E-state index contributed by atoms with van der Waals surface area (Å²) in [6, 6.07) is 6.47. The lowest BCUT2D eigenvalue weighted by Crippen LogP contribution is -2.15. The van der Waals surface area contributed by atoms with E-state index >= 15 is 0 Å². The molecule has 0 aliphatic heterocycles. The third-order valence-electron chi connectivity index (χ3n) is 3.64. The van der Waals surface area contributed by atoms with Gasteiger partial charge in [-0.1, -0.05) is 6.92 Å². The molecule has 0 saturated heterocycles. The predicted octanol–water partition coefficient (Wildman–Crippen LogP) is 2.85. The predicted molar refractivity (Wildman–Crippen MR) is 95.1 cm³/mol. The van der Waals surface area contributed by atoms with Crippen LogP contribution in [0, 0.1) is 17.1 Å². The Bertz CT molecular complexity index is 1030. The average molecular weight is 376 g/mol. The molecular formula is C17H17FN4O3S. The third-order valence-corrected chi connectivity index (χ3v) is 5.01. The van der Waals surface area contributed by atoms with Gasteiger partial charge in [0.25, 0.3) is 15.9 Å². The number of aryl methyl sites for hydroxylation is 1. The van der Waals surface area contributed by atoms with Gasteiger partial charge in [-0.15, -0.1) is 0 Å². The maximum absolute atomic E-state index is 13.3. The topological polar surface area (TPSA) is 104 Å². The third kappa shape index (κ3) is 4.15. The number of sulfonamides is 1. The van der Waals surface area contributed by atoms with Crippen LogP contribution in [0.4, 0.5) is 10.1 Å². The second-order valence-corrected chi connectivity index (χ2v) is 7.19. The number of amides is 1. The lowest BCUT2D eigenvalue weighted by atomic mass is 10.2. The minimum absolute atomic E-state index is 0.0794. The van der Waals surface area contributed by atoms with E-state index in [1.807, 2.05) is 0 Å². The quantitative estimate of drug-likeness (QED) is 0.810. The number of carbonyl (C=O) groups is 1. The summed E-state index contributed by atoms with van der Waals surface area (Å²) in [6.45, 7) is 3.39. The van der Waals surface area contributed by atoms with E-state index < -0.39 is 21.7 Å². The number of nitrogens with one attached hydrogen (secondary N) is 1. The molecule has 1 aromatic carbocycles. The number of aromatic nitrogens is 1. The van der Waals surface area contributed by atoms with Gasteiger partial charge in [-0.05, 0) is 37.6 Å². The summed E-state index contributed by atoms with van der Waals surface area (Å²) in [6.07, 6.45) is 1.78. The fraction of sp³-hybridized carbons (Fsp3) is 0.235. The molecule has 7 nitrogen and oxygen atoms in total. The highest BCUT2D eigenvalue weighted by molar-refractivity contribution is 7.90. The van der Waals surface area contributed by atoms with Gasteiger partial charge in [-0.25, -0.2) is 4.39 Å². The van der Waals surface area contributed by atoms with Crippen molar-refractivity contribution in [1.29, 1.82) is 5.26 Å². The molecule has 0 aliphatic rings. The molecule has 0 unspecified atom stereocenters. The number of halogens is 1. The van der Waals surface area contributed by atoms with Gasteiger partial charge in [-0.3, -0.25) is 4.79 Å². The van der Waals surface area contributed by atoms with Gasteiger partial charge in [0.05, 0.1) is 5.56 Å². The van der Waals surface area contributed by atoms with Crippen molar-refractivity contribution < 1.29 is 17.6 Å². The summed E-state index contributed by atoms with van der Waals surface area (Å²) in [5.74, 6) is -1.29. The molecule has 1 amide bonds. The van der Waals surface area contributed by atoms with Crippen molar-refractivity contribution in [1.82, 2.24) is 4.57 Å². The van der Waals surface area contributed by atoms with Crippen LogP contribution in [0.5, 0.6) is 0 Å². The fourth-order valence-electron chi connectivity index (χ4n) is 2.11. The Kier molecular flexibility index (Phi) is 5.57. The van der Waals surface area contributed by atoms with Crippen LogP contribution in [-0.2, 0) is 17.1 Å². The standard InChI is InChI=1S/C17H17FN4O3S/c1-4-11(2)21-26(24,25)14-8-16(22(3)10-14)17(23)20-13-5-6-15(18)12(7-13)9-19/h5-8,10H,4H2,1-3H3,(H,20,23)/b21-11+. The van der Waals surface area contributed by atoms with Gasteiger partial charge < -0.3 is 9.88 Å². The van der Waals surface area contributed by atoms with Crippen LogP contribution in [0.2, 0.25) is 0 Å². The van der Waals surface area contributed by atoms with Gasteiger partial charge in [0.15, 0.2) is 0 Å². The van der Waals surface area contributed by atoms with E-state index in [1.54, 1.807) is 19.9 Å². The van der Waals surface area contributed by atoms with Crippen molar-refractivity contribution in [2.45, 2.75) is 25.2 Å². The molecule has 0 aliphatic carbocycles. The highest BCUT2D eigenvalue weighted by Crippen LogP contribution is 2.19. The number of benzene rings is 1. The Labute approximate surface area is 150 Å². The summed E-state index contributed by atoms with van der Waals surface area (Å²) < 4.78 is 42.9. The molecule has 9 heteroatoms. The van der Waals surface area contributed by atoms with E-state index in [0.717, 1.165) is 6.07 Å². The largest absolute Gasteiger partial charge is 0.345 e. The van der Waals surface area contributed by atoms with E-state index in [9.17, 15) is 17.6 Å².